The SMILES string of the molecule is O=C(O)CC(F)(F)c1ccc(F)cc1I. The molecule has 1 aromatic carbocycles. The maximum absolute atomic E-state index is 13.3. The van der Waals surface area contributed by atoms with Gasteiger partial charge in [-0.1, -0.05) is 0 Å². The Hall–Kier alpha value is -0.790. The molecular formula is C9H6F3IO2. The first-order valence-electron chi connectivity index (χ1n) is 3.88. The number of hydrogen-bond donors (Lipinski definition) is 1. The lowest BCUT2D eigenvalue weighted by Gasteiger charge is -2.15. The molecule has 0 aliphatic carbocycles. The van der Waals surface area contributed by atoms with Crippen molar-refractivity contribution in [1.29, 1.82) is 0 Å². The Morgan fingerprint density at radius 3 is 2.53 bits per heavy atom. The van der Waals surface area contributed by atoms with E-state index in [1.807, 2.05) is 0 Å². The van der Waals surface area contributed by atoms with E-state index in [-0.39, 0.29) is 3.57 Å². The number of rotatable bonds is 3. The minimum atomic E-state index is -3.48. The lowest BCUT2D eigenvalue weighted by Crippen LogP contribution is -2.19. The fourth-order valence-corrected chi connectivity index (χ4v) is 1.94. The lowest BCUT2D eigenvalue weighted by atomic mass is 10.1. The van der Waals surface area contributed by atoms with Crippen molar-refractivity contribution >= 4 is 28.6 Å². The Labute approximate surface area is 97.2 Å². The van der Waals surface area contributed by atoms with Gasteiger partial charge in [-0.25, -0.2) is 13.2 Å². The van der Waals surface area contributed by atoms with E-state index >= 15 is 0 Å². The molecule has 82 valence electrons. The molecule has 0 heterocycles. The Morgan fingerprint density at radius 2 is 2.07 bits per heavy atom. The third-order valence-electron chi connectivity index (χ3n) is 1.70. The summed E-state index contributed by atoms with van der Waals surface area (Å²) in [4.78, 5) is 10.2. The topological polar surface area (TPSA) is 37.3 Å². The van der Waals surface area contributed by atoms with E-state index in [2.05, 4.69) is 0 Å². The maximum atomic E-state index is 13.3. The molecule has 0 aliphatic heterocycles. The van der Waals surface area contributed by atoms with Gasteiger partial charge in [0.15, 0.2) is 0 Å². The molecule has 6 heteroatoms. The standard InChI is InChI=1S/C9H6F3IO2/c10-5-1-2-6(7(13)3-5)9(11,12)4-8(14)15/h1-3H,4H2,(H,14,15). The molecule has 1 rings (SSSR count). The van der Waals surface area contributed by atoms with Crippen molar-refractivity contribution in [1.82, 2.24) is 0 Å². The first kappa shape index (κ1) is 12.3. The highest BCUT2D eigenvalue weighted by Crippen LogP contribution is 2.34. The van der Waals surface area contributed by atoms with Crippen LogP contribution in [-0.4, -0.2) is 11.1 Å². The monoisotopic (exact) mass is 330 g/mol. The van der Waals surface area contributed by atoms with Crippen LogP contribution in [0.4, 0.5) is 13.2 Å². The van der Waals surface area contributed by atoms with Gasteiger partial charge in [-0.15, -0.1) is 0 Å². The van der Waals surface area contributed by atoms with Gasteiger partial charge >= 0.3 is 5.97 Å². The number of aliphatic carboxylic acids is 1. The van der Waals surface area contributed by atoms with Gasteiger partial charge in [-0.05, 0) is 40.8 Å². The van der Waals surface area contributed by atoms with Gasteiger partial charge in [-0.2, -0.15) is 0 Å². The number of hydrogen-bond acceptors (Lipinski definition) is 1. The molecule has 0 saturated heterocycles. The van der Waals surface area contributed by atoms with Crippen LogP contribution in [-0.2, 0) is 10.7 Å². The van der Waals surface area contributed by atoms with Crippen LogP contribution in [0.3, 0.4) is 0 Å². The molecule has 15 heavy (non-hydrogen) atoms. The fraction of sp³-hybridized carbons (Fsp3) is 0.222. The molecule has 0 bridgehead atoms. The van der Waals surface area contributed by atoms with Gasteiger partial charge < -0.3 is 5.11 Å². The van der Waals surface area contributed by atoms with E-state index in [0.29, 0.717) is 0 Å². The maximum Gasteiger partial charge on any atom is 0.309 e. The van der Waals surface area contributed by atoms with E-state index in [1.54, 1.807) is 22.6 Å². The summed E-state index contributed by atoms with van der Waals surface area (Å²) >= 11 is 1.55. The summed E-state index contributed by atoms with van der Waals surface area (Å²) in [6.07, 6.45) is -1.30. The summed E-state index contributed by atoms with van der Waals surface area (Å²) in [5.74, 6) is -5.70. The van der Waals surface area contributed by atoms with Crippen LogP contribution in [0.2, 0.25) is 0 Å². The number of carbonyl (C=O) groups is 1. The van der Waals surface area contributed by atoms with Crippen molar-refractivity contribution in [2.24, 2.45) is 0 Å². The van der Waals surface area contributed by atoms with E-state index in [0.717, 1.165) is 18.2 Å². The van der Waals surface area contributed by atoms with Gasteiger partial charge in [-0.3, -0.25) is 4.79 Å². The zero-order chi connectivity index (χ0) is 11.6. The van der Waals surface area contributed by atoms with E-state index in [1.165, 1.54) is 0 Å². The van der Waals surface area contributed by atoms with Crippen LogP contribution in [0, 0.1) is 9.39 Å². The number of alkyl halides is 2. The molecule has 0 saturated carbocycles. The van der Waals surface area contributed by atoms with Crippen LogP contribution in [0.15, 0.2) is 18.2 Å². The third kappa shape index (κ3) is 3.08. The number of benzene rings is 1. The molecule has 1 aromatic rings. The summed E-state index contributed by atoms with van der Waals surface area (Å²) in [6, 6.07) is 2.72. The minimum Gasteiger partial charge on any atom is -0.481 e. The minimum absolute atomic E-state index is 0.0128. The Morgan fingerprint density at radius 1 is 1.47 bits per heavy atom. The molecule has 0 spiro atoms. The van der Waals surface area contributed by atoms with Gasteiger partial charge in [0, 0.05) is 9.13 Å². The average Bonchev–Trinajstić information content (AvgIpc) is 1.99. The number of carboxylic acids is 1. The van der Waals surface area contributed by atoms with Crippen molar-refractivity contribution in [2.75, 3.05) is 0 Å². The predicted octanol–water partition coefficient (Wildman–Crippen LogP) is 3.00. The summed E-state index contributed by atoms with van der Waals surface area (Å²) in [6.45, 7) is 0. The second-order valence-electron chi connectivity index (χ2n) is 2.90. The first-order chi connectivity index (χ1) is 6.83. The highest BCUT2D eigenvalue weighted by molar-refractivity contribution is 14.1. The lowest BCUT2D eigenvalue weighted by molar-refractivity contribution is -0.145. The van der Waals surface area contributed by atoms with E-state index in [4.69, 9.17) is 5.11 Å². The van der Waals surface area contributed by atoms with Gasteiger partial charge in [0.1, 0.15) is 12.2 Å². The molecule has 0 radical (unpaired) electrons. The fourth-order valence-electron chi connectivity index (χ4n) is 1.07. The van der Waals surface area contributed by atoms with E-state index < -0.39 is 29.7 Å². The molecule has 0 aliphatic rings. The molecule has 0 amide bonds. The molecule has 0 aromatic heterocycles. The summed E-state index contributed by atoms with van der Waals surface area (Å²) in [5.41, 5.74) is -0.466. The van der Waals surface area contributed by atoms with Gasteiger partial charge in [0.2, 0.25) is 0 Å². The second-order valence-corrected chi connectivity index (χ2v) is 4.06. The van der Waals surface area contributed by atoms with Gasteiger partial charge in [0.25, 0.3) is 5.92 Å². The Kier molecular flexibility index (Phi) is 3.58. The van der Waals surface area contributed by atoms with Gasteiger partial charge in [0.05, 0.1) is 0 Å². The largest absolute Gasteiger partial charge is 0.481 e. The summed E-state index contributed by atoms with van der Waals surface area (Å²) in [7, 11) is 0. The highest BCUT2D eigenvalue weighted by atomic mass is 127. The van der Waals surface area contributed by atoms with Crippen molar-refractivity contribution < 1.29 is 23.1 Å². The quantitative estimate of drug-likeness (QED) is 0.865. The molecule has 0 unspecified atom stereocenters. The number of carboxylic acid groups (broad SMARTS) is 1. The van der Waals surface area contributed by atoms with Crippen LogP contribution in [0.5, 0.6) is 0 Å². The highest BCUT2D eigenvalue weighted by Gasteiger charge is 2.36. The van der Waals surface area contributed by atoms with Crippen LogP contribution >= 0.6 is 22.6 Å². The molecule has 1 N–H and O–H groups in total. The van der Waals surface area contributed by atoms with Crippen molar-refractivity contribution in [3.8, 4) is 0 Å². The van der Waals surface area contributed by atoms with Crippen LogP contribution in [0.25, 0.3) is 0 Å². The first-order valence-corrected chi connectivity index (χ1v) is 4.96. The van der Waals surface area contributed by atoms with E-state index in [9.17, 15) is 18.0 Å². The normalized spacial score (nSPS) is 11.5. The molecular weight excluding hydrogens is 324 g/mol. The molecule has 0 atom stereocenters. The Balaban J connectivity index is 3.09. The summed E-state index contributed by atoms with van der Waals surface area (Å²) < 4.78 is 39.2. The van der Waals surface area contributed by atoms with Crippen molar-refractivity contribution in [2.45, 2.75) is 12.3 Å². The smallest absolute Gasteiger partial charge is 0.309 e. The summed E-state index contributed by atoms with van der Waals surface area (Å²) in [5, 5.41) is 8.30. The average molecular weight is 330 g/mol. The predicted molar refractivity (Wildman–Crippen MR) is 55.3 cm³/mol. The zero-order valence-electron chi connectivity index (χ0n) is 7.31. The molecule has 2 nitrogen and oxygen atoms in total. The zero-order valence-corrected chi connectivity index (χ0v) is 9.46. The van der Waals surface area contributed by atoms with Crippen LogP contribution in [0.1, 0.15) is 12.0 Å². The second kappa shape index (κ2) is 4.38. The van der Waals surface area contributed by atoms with Crippen LogP contribution < -0.4 is 0 Å². The van der Waals surface area contributed by atoms with Crippen molar-refractivity contribution in [3.63, 3.8) is 0 Å². The Bertz CT molecular complexity index is 393. The van der Waals surface area contributed by atoms with Crippen molar-refractivity contribution in [3.05, 3.63) is 33.1 Å². The number of halogens is 4. The molecule has 0 fully saturated rings. The third-order valence-corrected chi connectivity index (χ3v) is 2.59.